The summed E-state index contributed by atoms with van der Waals surface area (Å²) in [5.74, 6) is 6.08. The van der Waals surface area contributed by atoms with E-state index in [9.17, 15) is 0 Å². The molecule has 12 nitrogen and oxygen atoms in total. The van der Waals surface area contributed by atoms with E-state index in [1.54, 1.807) is 56.9 Å². The van der Waals surface area contributed by atoms with E-state index in [4.69, 9.17) is 37.9 Å². The lowest BCUT2D eigenvalue weighted by atomic mass is 9.81. The summed E-state index contributed by atoms with van der Waals surface area (Å²) >= 11 is 0. The second kappa shape index (κ2) is 33.4. The molecule has 0 unspecified atom stereocenters. The third-order valence-corrected chi connectivity index (χ3v) is 22.6. The molecule has 0 aromatic heterocycles. The highest BCUT2D eigenvalue weighted by molar-refractivity contribution is 6.30. The minimum absolute atomic E-state index is 0.760. The molecule has 18 aromatic carbocycles. The smallest absolute Gasteiger partial charge is 0.119 e. The van der Waals surface area contributed by atoms with E-state index in [2.05, 4.69) is 299 Å². The van der Waals surface area contributed by atoms with E-state index in [0.717, 1.165) is 202 Å². The summed E-state index contributed by atoms with van der Waals surface area (Å²) < 4.78 is 45.7. The second-order valence-corrected chi connectivity index (χ2v) is 29.2. The van der Waals surface area contributed by atoms with Crippen molar-refractivity contribution in [1.29, 1.82) is 0 Å². The Balaban J connectivity index is 0.770. The highest BCUT2D eigenvalue weighted by atomic mass is 16.5. The number of methoxy groups -OCH3 is 8. The van der Waals surface area contributed by atoms with Crippen LogP contribution >= 0.6 is 0 Å². The van der Waals surface area contributed by atoms with Crippen molar-refractivity contribution in [2.75, 3.05) is 76.5 Å². The normalized spacial score (nSPS) is 11.2. The number of ether oxygens (including phenoxy) is 8. The third-order valence-electron chi connectivity index (χ3n) is 22.6. The van der Waals surface area contributed by atoms with Gasteiger partial charge in [0.1, 0.15) is 46.0 Å². The van der Waals surface area contributed by atoms with Crippen molar-refractivity contribution in [3.63, 3.8) is 0 Å². The van der Waals surface area contributed by atoms with Crippen molar-refractivity contribution in [1.82, 2.24) is 0 Å². The molecular formula is C108H86N4O8. The Labute approximate surface area is 699 Å². The van der Waals surface area contributed by atoms with E-state index in [-0.39, 0.29) is 0 Å². The zero-order valence-electron chi connectivity index (χ0n) is 67.9. The van der Waals surface area contributed by atoms with Gasteiger partial charge in [-0.3, -0.25) is 0 Å². The molecule has 586 valence electrons. The lowest BCUT2D eigenvalue weighted by Crippen LogP contribution is -2.13. The van der Waals surface area contributed by atoms with Gasteiger partial charge in [-0.1, -0.05) is 146 Å². The number of hydrogen-bond acceptors (Lipinski definition) is 12. The van der Waals surface area contributed by atoms with Crippen molar-refractivity contribution >= 4 is 111 Å². The van der Waals surface area contributed by atoms with Crippen molar-refractivity contribution in [3.05, 3.63) is 376 Å². The molecule has 18 rings (SSSR count). The molecule has 0 atom stereocenters. The van der Waals surface area contributed by atoms with E-state index >= 15 is 0 Å². The average Bonchev–Trinajstić information content (AvgIpc) is 0.709. The predicted octanol–water partition coefficient (Wildman–Crippen LogP) is 28.6. The molecule has 0 saturated carbocycles. The zero-order chi connectivity index (χ0) is 81.7. The maximum absolute atomic E-state index is 5.71. The maximum atomic E-state index is 5.71. The molecule has 0 fully saturated rings. The van der Waals surface area contributed by atoms with Crippen molar-refractivity contribution in [2.45, 2.75) is 0 Å². The molecule has 0 N–H and O–H groups in total. The van der Waals surface area contributed by atoms with Crippen LogP contribution in [0.5, 0.6) is 46.0 Å². The Kier molecular flexibility index (Phi) is 21.2. The molecule has 0 heterocycles. The van der Waals surface area contributed by atoms with Gasteiger partial charge in [0.15, 0.2) is 0 Å². The first-order valence-electron chi connectivity index (χ1n) is 39.8. The summed E-state index contributed by atoms with van der Waals surface area (Å²) in [5.41, 5.74) is 22.2. The number of anilines is 12. The van der Waals surface area contributed by atoms with Gasteiger partial charge in [-0.05, 0) is 329 Å². The molecule has 0 amide bonds. The van der Waals surface area contributed by atoms with Crippen LogP contribution < -0.4 is 57.5 Å². The van der Waals surface area contributed by atoms with Crippen LogP contribution in [0, 0.1) is 0 Å². The van der Waals surface area contributed by atoms with Gasteiger partial charge in [0.05, 0.1) is 56.9 Å². The van der Waals surface area contributed by atoms with Gasteiger partial charge in [0.2, 0.25) is 0 Å². The largest absolute Gasteiger partial charge is 0.497 e. The van der Waals surface area contributed by atoms with Gasteiger partial charge in [-0.2, -0.15) is 0 Å². The fourth-order valence-electron chi connectivity index (χ4n) is 16.8. The summed E-state index contributed by atoms with van der Waals surface area (Å²) in [6.07, 6.45) is 0. The first-order chi connectivity index (χ1) is 59.1. The molecule has 0 saturated heterocycles. The Morgan fingerprint density at radius 1 is 0.133 bits per heavy atom. The first kappa shape index (κ1) is 75.9. The average molecular weight is 1570 g/mol. The summed E-state index contributed by atoms with van der Waals surface area (Å²) in [6, 6.07) is 133. The second-order valence-electron chi connectivity index (χ2n) is 29.2. The van der Waals surface area contributed by atoms with E-state index in [0.29, 0.717) is 0 Å². The minimum Gasteiger partial charge on any atom is -0.497 e. The molecule has 0 radical (unpaired) electrons. The van der Waals surface area contributed by atoms with Gasteiger partial charge in [0.25, 0.3) is 0 Å². The highest BCUT2D eigenvalue weighted by Gasteiger charge is 2.27. The minimum atomic E-state index is 0.760. The van der Waals surface area contributed by atoms with Crippen LogP contribution in [0.1, 0.15) is 0 Å². The molecule has 12 heteroatoms. The maximum Gasteiger partial charge on any atom is 0.119 e. The Morgan fingerprint density at radius 2 is 0.283 bits per heavy atom. The predicted molar refractivity (Wildman–Crippen MR) is 495 cm³/mol. The summed E-state index contributed by atoms with van der Waals surface area (Å²) in [4.78, 5) is 9.12. The van der Waals surface area contributed by atoms with Crippen molar-refractivity contribution in [3.8, 4) is 102 Å². The van der Waals surface area contributed by atoms with Crippen LogP contribution in [0.15, 0.2) is 376 Å². The van der Waals surface area contributed by atoms with Crippen molar-refractivity contribution in [2.24, 2.45) is 0 Å². The quantitative estimate of drug-likeness (QED) is 0.0511. The molecule has 0 aliphatic heterocycles. The summed E-state index contributed by atoms with van der Waals surface area (Å²) in [5, 5.41) is 9.24. The highest BCUT2D eigenvalue weighted by Crippen LogP contribution is 2.53. The molecule has 0 aliphatic rings. The summed E-state index contributed by atoms with van der Waals surface area (Å²) in [6.45, 7) is 0. The Hall–Kier alpha value is -15.4. The summed E-state index contributed by atoms with van der Waals surface area (Å²) in [7, 11) is 13.5. The van der Waals surface area contributed by atoms with Gasteiger partial charge < -0.3 is 57.5 Å². The van der Waals surface area contributed by atoms with E-state index < -0.39 is 0 Å². The standard InChI is InChI=1S/C108H86N4O8/c1-113-89-49-33-77(34-50-89)109(78-35-51-90(114-2)52-36-78)85-65-75(66-86(69-85)110(79-37-53-91(115-3)54-38-79)80-39-55-92(116-4)56-40-80)71-25-29-73(30-26-71)105-97-17-9-13-21-101(97)107(102-22-14-10-18-98(102)105)108-103-23-15-11-19-99(103)106(100-20-12-16-24-104(100)108)74-31-27-72(28-32-74)76-67-87(111(81-41-57-93(117-5)58-42-81)82-43-59-94(118-6)60-44-82)70-88(68-76)112(83-45-61-95(119-7)62-46-83)84-47-63-96(120-8)64-48-84/h9-70H,1-8H3. The number of hydrogen-bond donors (Lipinski definition) is 0. The van der Waals surface area contributed by atoms with Gasteiger partial charge in [-0.15, -0.1) is 0 Å². The lowest BCUT2D eigenvalue weighted by Gasteiger charge is -2.30. The Morgan fingerprint density at radius 3 is 0.442 bits per heavy atom. The monoisotopic (exact) mass is 1570 g/mol. The van der Waals surface area contributed by atoms with Gasteiger partial charge in [-0.25, -0.2) is 0 Å². The van der Waals surface area contributed by atoms with Crippen LogP contribution in [0.25, 0.3) is 98.7 Å². The lowest BCUT2D eigenvalue weighted by molar-refractivity contribution is 0.414. The molecule has 0 spiro atoms. The third kappa shape index (κ3) is 14.7. The Bertz CT molecular complexity index is 5760. The molecule has 120 heavy (non-hydrogen) atoms. The SMILES string of the molecule is COc1ccc(N(c2ccc(OC)cc2)c2cc(-c3ccc(-c4c5ccccc5c(-c5c6ccccc6c(-c6ccc(-c7cc(N(c8ccc(OC)cc8)c8ccc(OC)cc8)cc(N(c8ccc(OC)cc8)c8ccc(OC)cc8)c7)cc6)c6ccccc56)c5ccccc45)cc3)cc(N(c3ccc(OC)cc3)c3ccc(OC)cc3)c2)cc1. The fraction of sp³-hybridized carbons (Fsp3) is 0.0741. The van der Waals surface area contributed by atoms with Crippen LogP contribution in [-0.4, -0.2) is 56.9 Å². The van der Waals surface area contributed by atoms with Crippen molar-refractivity contribution < 1.29 is 37.9 Å². The van der Waals surface area contributed by atoms with Crippen LogP contribution in [-0.2, 0) is 0 Å². The molecule has 0 aliphatic carbocycles. The molecule has 18 aromatic rings. The zero-order valence-corrected chi connectivity index (χ0v) is 67.9. The van der Waals surface area contributed by atoms with Crippen LogP contribution in [0.4, 0.5) is 68.2 Å². The van der Waals surface area contributed by atoms with Crippen LogP contribution in [0.2, 0.25) is 0 Å². The number of benzene rings is 18. The topological polar surface area (TPSA) is 86.8 Å². The number of rotatable bonds is 25. The fourth-order valence-corrected chi connectivity index (χ4v) is 16.8. The van der Waals surface area contributed by atoms with E-state index in [1.807, 2.05) is 97.1 Å². The molecule has 0 bridgehead atoms. The number of nitrogens with zero attached hydrogens (tertiary/aromatic N) is 4. The molecular weight excluding hydrogens is 1480 g/mol. The van der Waals surface area contributed by atoms with Crippen LogP contribution in [0.3, 0.4) is 0 Å². The van der Waals surface area contributed by atoms with Gasteiger partial charge >= 0.3 is 0 Å². The van der Waals surface area contributed by atoms with E-state index in [1.165, 1.54) is 11.1 Å². The first-order valence-corrected chi connectivity index (χ1v) is 39.8. The van der Waals surface area contributed by atoms with Gasteiger partial charge in [0, 0.05) is 68.2 Å². The number of fused-ring (bicyclic) bond motifs is 4.